The SMILES string of the molecule is FC(F)(F)COc1nc(Nc2ccc(OC(F)(F)Cl)cc2)nc(N2CCCCC2)n1. The van der Waals surface area contributed by atoms with Crippen molar-refractivity contribution in [2.45, 2.75) is 31.0 Å². The summed E-state index contributed by atoms with van der Waals surface area (Å²) in [5.41, 5.74) is -3.48. The van der Waals surface area contributed by atoms with Crippen LogP contribution in [0.2, 0.25) is 0 Å². The molecule has 7 nitrogen and oxygen atoms in total. The van der Waals surface area contributed by atoms with E-state index in [2.05, 4.69) is 29.7 Å². The Morgan fingerprint density at radius 1 is 0.967 bits per heavy atom. The molecule has 0 amide bonds. The summed E-state index contributed by atoms with van der Waals surface area (Å²) in [6.45, 7) is -0.240. The first-order chi connectivity index (χ1) is 14.1. The van der Waals surface area contributed by atoms with E-state index in [1.165, 1.54) is 24.3 Å². The summed E-state index contributed by atoms with van der Waals surface area (Å²) in [5, 5.41) is 2.78. The van der Waals surface area contributed by atoms with Crippen LogP contribution in [0.15, 0.2) is 24.3 Å². The molecule has 0 radical (unpaired) electrons. The van der Waals surface area contributed by atoms with E-state index >= 15 is 0 Å². The van der Waals surface area contributed by atoms with Gasteiger partial charge in [-0.3, -0.25) is 0 Å². The van der Waals surface area contributed by atoms with E-state index in [9.17, 15) is 22.0 Å². The van der Waals surface area contributed by atoms with Gasteiger partial charge in [0.15, 0.2) is 6.61 Å². The first-order valence-corrected chi connectivity index (χ1v) is 9.29. The molecule has 13 heteroatoms. The van der Waals surface area contributed by atoms with Gasteiger partial charge in [0.1, 0.15) is 5.75 Å². The van der Waals surface area contributed by atoms with Gasteiger partial charge in [0.2, 0.25) is 11.9 Å². The number of anilines is 3. The second-order valence-corrected chi connectivity index (χ2v) is 6.83. The van der Waals surface area contributed by atoms with Gasteiger partial charge in [0, 0.05) is 30.4 Å². The second-order valence-electron chi connectivity index (χ2n) is 6.39. The summed E-state index contributed by atoms with van der Waals surface area (Å²) in [4.78, 5) is 13.9. The van der Waals surface area contributed by atoms with Crippen molar-refractivity contribution >= 4 is 29.2 Å². The molecule has 0 aliphatic carbocycles. The Labute approximate surface area is 173 Å². The lowest BCUT2D eigenvalue weighted by Gasteiger charge is -2.26. The largest absolute Gasteiger partial charge is 0.487 e. The third-order valence-corrected chi connectivity index (χ3v) is 4.03. The molecule has 164 valence electrons. The highest BCUT2D eigenvalue weighted by molar-refractivity contribution is 6.20. The zero-order valence-electron chi connectivity index (χ0n) is 15.4. The highest BCUT2D eigenvalue weighted by Crippen LogP contribution is 2.27. The summed E-state index contributed by atoms with van der Waals surface area (Å²) in [7, 11) is 0. The van der Waals surface area contributed by atoms with Crippen LogP contribution in [0.1, 0.15) is 19.3 Å². The number of nitrogens with zero attached hydrogens (tertiary/aromatic N) is 4. The van der Waals surface area contributed by atoms with Crippen LogP contribution < -0.4 is 19.7 Å². The minimum atomic E-state index is -4.55. The number of rotatable bonds is 7. The third kappa shape index (κ3) is 7.01. The van der Waals surface area contributed by atoms with Crippen LogP contribution in [0.5, 0.6) is 11.8 Å². The van der Waals surface area contributed by atoms with Gasteiger partial charge in [-0.25, -0.2) is 0 Å². The van der Waals surface area contributed by atoms with E-state index in [0.717, 1.165) is 19.3 Å². The molecule has 1 aliphatic heterocycles. The van der Waals surface area contributed by atoms with Crippen LogP contribution in [0.25, 0.3) is 0 Å². The van der Waals surface area contributed by atoms with E-state index < -0.39 is 24.4 Å². The Balaban J connectivity index is 1.79. The van der Waals surface area contributed by atoms with E-state index in [4.69, 9.17) is 11.6 Å². The van der Waals surface area contributed by atoms with Crippen LogP contribution >= 0.6 is 11.6 Å². The van der Waals surface area contributed by atoms with Crippen LogP contribution in [0, 0.1) is 0 Å². The number of nitrogens with one attached hydrogen (secondary N) is 1. The lowest BCUT2D eigenvalue weighted by molar-refractivity contribution is -0.154. The number of hydrogen-bond donors (Lipinski definition) is 1. The number of hydrogen-bond acceptors (Lipinski definition) is 7. The smallest absolute Gasteiger partial charge is 0.454 e. The van der Waals surface area contributed by atoms with Crippen molar-refractivity contribution in [3.05, 3.63) is 24.3 Å². The lowest BCUT2D eigenvalue weighted by atomic mass is 10.1. The van der Waals surface area contributed by atoms with Crippen LogP contribution in [0.4, 0.5) is 39.5 Å². The molecule has 1 aromatic heterocycles. The molecule has 0 spiro atoms. The van der Waals surface area contributed by atoms with Gasteiger partial charge < -0.3 is 19.7 Å². The zero-order chi connectivity index (χ0) is 21.8. The molecular weight excluding hydrogens is 437 g/mol. The normalized spacial score (nSPS) is 15.1. The number of alkyl halides is 6. The number of piperidine rings is 1. The Hall–Kier alpha value is -2.63. The average molecular weight is 454 g/mol. The maximum atomic E-state index is 12.7. The summed E-state index contributed by atoms with van der Waals surface area (Å²) < 4.78 is 71.8. The lowest BCUT2D eigenvalue weighted by Crippen LogP contribution is -2.31. The molecular formula is C17H17ClF5N5O2. The van der Waals surface area contributed by atoms with E-state index in [-0.39, 0.29) is 17.6 Å². The average Bonchev–Trinajstić information content (AvgIpc) is 2.67. The molecule has 0 unspecified atom stereocenters. The van der Waals surface area contributed by atoms with Crippen LogP contribution in [-0.4, -0.2) is 46.4 Å². The van der Waals surface area contributed by atoms with Gasteiger partial charge in [-0.1, -0.05) is 0 Å². The van der Waals surface area contributed by atoms with Crippen molar-refractivity contribution in [1.82, 2.24) is 15.0 Å². The minimum Gasteiger partial charge on any atom is -0.454 e. The molecule has 2 aromatic rings. The molecule has 2 heterocycles. The summed E-state index contributed by atoms with van der Waals surface area (Å²) in [5.74, 6) is -0.0513. The van der Waals surface area contributed by atoms with Crippen molar-refractivity contribution in [2.75, 3.05) is 29.9 Å². The highest BCUT2D eigenvalue weighted by Gasteiger charge is 2.30. The monoisotopic (exact) mass is 453 g/mol. The molecule has 1 saturated heterocycles. The molecule has 0 atom stereocenters. The fourth-order valence-electron chi connectivity index (χ4n) is 2.72. The summed E-state index contributed by atoms with van der Waals surface area (Å²) >= 11 is 4.71. The maximum Gasteiger partial charge on any atom is 0.487 e. The number of halogens is 6. The third-order valence-electron chi connectivity index (χ3n) is 3.95. The fourth-order valence-corrected chi connectivity index (χ4v) is 2.81. The molecule has 1 N–H and O–H groups in total. The van der Waals surface area contributed by atoms with Gasteiger partial charge in [0.25, 0.3) is 0 Å². The molecule has 0 saturated carbocycles. The summed E-state index contributed by atoms with van der Waals surface area (Å²) in [6, 6.07) is 4.75. The molecule has 3 rings (SSSR count). The predicted molar refractivity (Wildman–Crippen MR) is 98.6 cm³/mol. The standard InChI is InChI=1S/C17H17ClF5N5O2/c18-17(22,23)30-12-6-4-11(5-7-12)24-13-25-14(28-8-2-1-3-9-28)27-15(26-13)29-10-16(19,20)21/h4-7H,1-3,8-10H2,(H,24,25,26,27). The molecule has 30 heavy (non-hydrogen) atoms. The van der Waals surface area contributed by atoms with Crippen molar-refractivity contribution in [3.63, 3.8) is 0 Å². The molecule has 1 aliphatic rings. The highest BCUT2D eigenvalue weighted by atomic mass is 35.5. The maximum absolute atomic E-state index is 12.7. The van der Waals surface area contributed by atoms with Gasteiger partial charge in [-0.15, -0.1) is 8.78 Å². The van der Waals surface area contributed by atoms with E-state index in [0.29, 0.717) is 18.8 Å². The number of ether oxygens (including phenoxy) is 2. The summed E-state index contributed by atoms with van der Waals surface area (Å²) in [6.07, 6.45) is -1.70. The molecule has 0 bridgehead atoms. The number of aromatic nitrogens is 3. The van der Waals surface area contributed by atoms with Gasteiger partial charge in [0.05, 0.1) is 0 Å². The Morgan fingerprint density at radius 2 is 1.63 bits per heavy atom. The molecule has 1 fully saturated rings. The number of benzene rings is 1. The van der Waals surface area contributed by atoms with Gasteiger partial charge in [-0.05, 0) is 43.5 Å². The first kappa shape index (κ1) is 22.1. The van der Waals surface area contributed by atoms with Crippen LogP contribution in [-0.2, 0) is 0 Å². The van der Waals surface area contributed by atoms with E-state index in [1.54, 1.807) is 0 Å². The Kier molecular flexibility index (Phi) is 6.64. The Bertz CT molecular complexity index is 842. The minimum absolute atomic E-state index is 0.0564. The first-order valence-electron chi connectivity index (χ1n) is 8.91. The zero-order valence-corrected chi connectivity index (χ0v) is 16.2. The van der Waals surface area contributed by atoms with Crippen molar-refractivity contribution < 1.29 is 31.4 Å². The van der Waals surface area contributed by atoms with Crippen molar-refractivity contribution in [1.29, 1.82) is 0 Å². The van der Waals surface area contributed by atoms with Crippen molar-refractivity contribution in [3.8, 4) is 11.8 Å². The van der Waals surface area contributed by atoms with Gasteiger partial charge >= 0.3 is 17.8 Å². The topological polar surface area (TPSA) is 72.4 Å². The second kappa shape index (κ2) is 9.02. The quantitative estimate of drug-likeness (QED) is 0.480. The van der Waals surface area contributed by atoms with E-state index in [1.807, 2.05) is 4.90 Å². The fraction of sp³-hybridized carbons (Fsp3) is 0.471. The molecule has 1 aromatic carbocycles. The predicted octanol–water partition coefficient (Wildman–Crippen LogP) is 4.71. The van der Waals surface area contributed by atoms with Crippen LogP contribution in [0.3, 0.4) is 0 Å². The van der Waals surface area contributed by atoms with Gasteiger partial charge in [-0.2, -0.15) is 28.1 Å². The Morgan fingerprint density at radius 3 is 2.23 bits per heavy atom. The van der Waals surface area contributed by atoms with Crippen molar-refractivity contribution in [2.24, 2.45) is 0 Å².